The molecule has 0 radical (unpaired) electrons. The highest BCUT2D eigenvalue weighted by molar-refractivity contribution is 7.22. The fourth-order valence-electron chi connectivity index (χ4n) is 3.26. The van der Waals surface area contributed by atoms with Crippen LogP contribution in [0.15, 0.2) is 54.9 Å². The fraction of sp³-hybridized carbons (Fsp3) is 0.217. The number of halogens is 2. The summed E-state index contributed by atoms with van der Waals surface area (Å²) < 4.78 is 26.1. The summed E-state index contributed by atoms with van der Waals surface area (Å²) in [6, 6.07) is 12.2. The molecule has 4 aromatic rings. The summed E-state index contributed by atoms with van der Waals surface area (Å²) >= 11 is 7.76. The number of rotatable bonds is 9. The van der Waals surface area contributed by atoms with E-state index in [1.165, 1.54) is 17.4 Å². The van der Waals surface area contributed by atoms with E-state index in [1.54, 1.807) is 37.7 Å². The third kappa shape index (κ3) is 4.93. The van der Waals surface area contributed by atoms with Crippen LogP contribution in [-0.2, 0) is 13.2 Å². The second-order valence-electron chi connectivity index (χ2n) is 7.04. The number of fused-ring (bicyclic) bond motifs is 1. The molecule has 0 saturated carbocycles. The molecule has 0 unspecified atom stereocenters. The Morgan fingerprint density at radius 2 is 2.00 bits per heavy atom. The number of pyridine rings is 1. The van der Waals surface area contributed by atoms with Gasteiger partial charge >= 0.3 is 0 Å². The monoisotopic (exact) mass is 472 g/mol. The normalized spacial score (nSPS) is 11.0. The predicted molar refractivity (Wildman–Crippen MR) is 126 cm³/mol. The minimum Gasteiger partial charge on any atom is -0.493 e. The zero-order chi connectivity index (χ0) is 22.5. The molecule has 9 heteroatoms. The van der Waals surface area contributed by atoms with Crippen LogP contribution in [-0.4, -0.2) is 30.2 Å². The lowest BCUT2D eigenvalue weighted by molar-refractivity contribution is 0.279. The molecular formula is C23H22ClFN4O2S. The van der Waals surface area contributed by atoms with E-state index < -0.39 is 0 Å². The number of thiazole rings is 1. The van der Waals surface area contributed by atoms with Crippen LogP contribution in [0.25, 0.3) is 10.2 Å². The van der Waals surface area contributed by atoms with E-state index in [0.29, 0.717) is 41.7 Å². The van der Waals surface area contributed by atoms with Crippen LogP contribution < -0.4 is 20.1 Å². The zero-order valence-corrected chi connectivity index (χ0v) is 19.0. The van der Waals surface area contributed by atoms with E-state index in [2.05, 4.69) is 14.9 Å². The van der Waals surface area contributed by atoms with Crippen molar-refractivity contribution in [3.8, 4) is 11.5 Å². The minimum atomic E-state index is -0.299. The van der Waals surface area contributed by atoms with Crippen LogP contribution >= 0.6 is 22.9 Å². The van der Waals surface area contributed by atoms with Crippen LogP contribution in [0.5, 0.6) is 11.5 Å². The Morgan fingerprint density at radius 1 is 1.16 bits per heavy atom. The molecule has 2 aromatic heterocycles. The first-order valence-corrected chi connectivity index (χ1v) is 11.2. The highest BCUT2D eigenvalue weighted by Crippen LogP contribution is 2.34. The molecule has 0 aliphatic heterocycles. The number of methoxy groups -OCH3 is 1. The van der Waals surface area contributed by atoms with E-state index in [1.807, 2.05) is 18.2 Å². The summed E-state index contributed by atoms with van der Waals surface area (Å²) in [6.45, 7) is 1.79. The van der Waals surface area contributed by atoms with Crippen molar-refractivity contribution >= 4 is 38.3 Å². The van der Waals surface area contributed by atoms with Gasteiger partial charge in [0.25, 0.3) is 0 Å². The van der Waals surface area contributed by atoms with Crippen molar-refractivity contribution in [2.45, 2.75) is 13.2 Å². The van der Waals surface area contributed by atoms with E-state index in [0.717, 1.165) is 20.9 Å². The molecule has 2 N–H and O–H groups in total. The third-order valence-corrected chi connectivity index (χ3v) is 6.19. The molecule has 2 aromatic carbocycles. The van der Waals surface area contributed by atoms with Crippen LogP contribution in [0, 0.1) is 5.82 Å². The summed E-state index contributed by atoms with van der Waals surface area (Å²) in [5.41, 5.74) is 8.07. The molecule has 0 saturated heterocycles. The number of nitrogens with zero attached hydrogens (tertiary/aromatic N) is 3. The lowest BCUT2D eigenvalue weighted by atomic mass is 10.2. The van der Waals surface area contributed by atoms with Gasteiger partial charge in [0.05, 0.1) is 16.8 Å². The Morgan fingerprint density at radius 3 is 2.75 bits per heavy atom. The standard InChI is InChI=1S/C23H22ClFN4O2S/c1-30-20-10-15(6-7-19(20)31-14-16-4-2-3-5-18(16)25)13-29(9-8-26)23-28-22-17(24)11-27-12-21(22)32-23/h2-7,10-12H,8-9,13-14,26H2,1H3. The predicted octanol–water partition coefficient (Wildman–Crippen LogP) is 5.04. The second kappa shape index (κ2) is 10.1. The lowest BCUT2D eigenvalue weighted by Gasteiger charge is -2.22. The summed E-state index contributed by atoms with van der Waals surface area (Å²) in [4.78, 5) is 10.9. The smallest absolute Gasteiger partial charge is 0.186 e. The van der Waals surface area contributed by atoms with Crippen molar-refractivity contribution in [2.75, 3.05) is 25.1 Å². The highest BCUT2D eigenvalue weighted by atomic mass is 35.5. The van der Waals surface area contributed by atoms with Crippen molar-refractivity contribution in [2.24, 2.45) is 5.73 Å². The number of anilines is 1. The van der Waals surface area contributed by atoms with Gasteiger partial charge in [-0.15, -0.1) is 0 Å². The zero-order valence-electron chi connectivity index (χ0n) is 17.4. The van der Waals surface area contributed by atoms with Gasteiger partial charge in [-0.2, -0.15) is 0 Å². The van der Waals surface area contributed by atoms with Crippen molar-refractivity contribution in [3.05, 3.63) is 76.8 Å². The average molecular weight is 473 g/mol. The summed E-state index contributed by atoms with van der Waals surface area (Å²) in [6.07, 6.45) is 3.35. The lowest BCUT2D eigenvalue weighted by Crippen LogP contribution is -2.28. The number of ether oxygens (including phenoxy) is 2. The van der Waals surface area contributed by atoms with E-state index >= 15 is 0 Å². The van der Waals surface area contributed by atoms with E-state index in [-0.39, 0.29) is 12.4 Å². The number of benzene rings is 2. The highest BCUT2D eigenvalue weighted by Gasteiger charge is 2.16. The largest absolute Gasteiger partial charge is 0.493 e. The molecular weight excluding hydrogens is 451 g/mol. The van der Waals surface area contributed by atoms with Gasteiger partial charge in [-0.3, -0.25) is 4.98 Å². The van der Waals surface area contributed by atoms with Crippen molar-refractivity contribution < 1.29 is 13.9 Å². The van der Waals surface area contributed by atoms with Gasteiger partial charge in [-0.1, -0.05) is 47.2 Å². The van der Waals surface area contributed by atoms with Crippen LogP contribution in [0.4, 0.5) is 9.52 Å². The molecule has 6 nitrogen and oxygen atoms in total. The molecule has 166 valence electrons. The van der Waals surface area contributed by atoms with Crippen LogP contribution in [0.2, 0.25) is 5.02 Å². The molecule has 0 aliphatic rings. The first kappa shape index (κ1) is 22.3. The molecule has 2 heterocycles. The Bertz CT molecular complexity index is 1220. The maximum Gasteiger partial charge on any atom is 0.186 e. The average Bonchev–Trinajstić information content (AvgIpc) is 3.24. The minimum absolute atomic E-state index is 0.113. The Hall–Kier alpha value is -2.94. The quantitative estimate of drug-likeness (QED) is 0.368. The fourth-order valence-corrected chi connectivity index (χ4v) is 4.51. The number of hydrogen-bond acceptors (Lipinski definition) is 7. The van der Waals surface area contributed by atoms with Gasteiger partial charge in [-0.05, 0) is 23.8 Å². The maximum atomic E-state index is 13.9. The van der Waals surface area contributed by atoms with Crippen molar-refractivity contribution in [1.82, 2.24) is 9.97 Å². The molecule has 0 aliphatic carbocycles. The summed E-state index contributed by atoms with van der Waals surface area (Å²) in [5.74, 6) is 0.817. The summed E-state index contributed by atoms with van der Waals surface area (Å²) in [5, 5.41) is 1.34. The second-order valence-corrected chi connectivity index (χ2v) is 8.46. The molecule has 0 atom stereocenters. The Labute approximate surface area is 194 Å². The van der Waals surface area contributed by atoms with Gasteiger partial charge in [0.15, 0.2) is 16.6 Å². The molecule has 0 fully saturated rings. The molecule has 4 rings (SSSR count). The SMILES string of the molecule is COc1cc(CN(CCN)c2nc3c(Cl)cncc3s2)ccc1OCc1ccccc1F. The van der Waals surface area contributed by atoms with Gasteiger partial charge < -0.3 is 20.1 Å². The number of nitrogens with two attached hydrogens (primary N) is 1. The van der Waals surface area contributed by atoms with E-state index in [4.69, 9.17) is 26.8 Å². The maximum absolute atomic E-state index is 13.9. The third-order valence-electron chi connectivity index (χ3n) is 4.86. The van der Waals surface area contributed by atoms with Gasteiger partial charge in [-0.25, -0.2) is 9.37 Å². The van der Waals surface area contributed by atoms with Gasteiger partial charge in [0.1, 0.15) is 17.9 Å². The number of aromatic nitrogens is 2. The van der Waals surface area contributed by atoms with Gasteiger partial charge in [0, 0.05) is 37.6 Å². The molecule has 0 spiro atoms. The van der Waals surface area contributed by atoms with Crippen LogP contribution in [0.3, 0.4) is 0 Å². The number of hydrogen-bond donors (Lipinski definition) is 1. The van der Waals surface area contributed by atoms with Crippen LogP contribution in [0.1, 0.15) is 11.1 Å². The molecule has 0 amide bonds. The Kier molecular flexibility index (Phi) is 7.04. The first-order chi connectivity index (χ1) is 15.6. The topological polar surface area (TPSA) is 73.5 Å². The van der Waals surface area contributed by atoms with E-state index in [9.17, 15) is 4.39 Å². The van der Waals surface area contributed by atoms with Crippen molar-refractivity contribution in [1.29, 1.82) is 0 Å². The Balaban J connectivity index is 1.53. The molecule has 0 bridgehead atoms. The van der Waals surface area contributed by atoms with Gasteiger partial charge in [0.2, 0.25) is 0 Å². The first-order valence-electron chi connectivity index (χ1n) is 9.97. The summed E-state index contributed by atoms with van der Waals surface area (Å²) in [7, 11) is 1.58. The molecule has 32 heavy (non-hydrogen) atoms. The van der Waals surface area contributed by atoms with Crippen molar-refractivity contribution in [3.63, 3.8) is 0 Å².